The lowest BCUT2D eigenvalue weighted by atomic mass is 10.1. The molecule has 1 unspecified atom stereocenters. The van der Waals surface area contributed by atoms with Crippen LogP contribution in [0.25, 0.3) is 0 Å². The van der Waals surface area contributed by atoms with Crippen LogP contribution in [-0.2, 0) is 6.42 Å². The second-order valence-corrected chi connectivity index (χ2v) is 5.70. The highest BCUT2D eigenvalue weighted by atomic mass is 127. The van der Waals surface area contributed by atoms with E-state index in [0.717, 1.165) is 36.0 Å². The average Bonchev–Trinajstić information content (AvgIpc) is 2.67. The maximum Gasteiger partial charge on any atom is 0.191 e. The summed E-state index contributed by atoms with van der Waals surface area (Å²) in [6, 6.07) is 16.3. The fourth-order valence-electron chi connectivity index (χ4n) is 2.62. The van der Waals surface area contributed by atoms with Crippen LogP contribution in [0.5, 0.6) is 11.5 Å². The highest BCUT2D eigenvalue weighted by Gasteiger charge is 2.08. The van der Waals surface area contributed by atoms with E-state index in [1.54, 1.807) is 21.3 Å². The fourth-order valence-corrected chi connectivity index (χ4v) is 2.62. The Morgan fingerprint density at radius 2 is 1.81 bits per heavy atom. The molecular formula is C20H28IN3O2. The van der Waals surface area contributed by atoms with Crippen molar-refractivity contribution in [2.24, 2.45) is 4.99 Å². The number of nitrogens with one attached hydrogen (secondary N) is 2. The summed E-state index contributed by atoms with van der Waals surface area (Å²) >= 11 is 0. The van der Waals surface area contributed by atoms with Gasteiger partial charge in [0, 0.05) is 13.6 Å². The number of ether oxygens (including phenoxy) is 2. The van der Waals surface area contributed by atoms with Crippen molar-refractivity contribution >= 4 is 29.9 Å². The lowest BCUT2D eigenvalue weighted by molar-refractivity contribution is 0.398. The molecule has 0 aliphatic rings. The predicted molar refractivity (Wildman–Crippen MR) is 118 cm³/mol. The van der Waals surface area contributed by atoms with Gasteiger partial charge in [0.1, 0.15) is 11.5 Å². The smallest absolute Gasteiger partial charge is 0.191 e. The van der Waals surface area contributed by atoms with Gasteiger partial charge in [-0.1, -0.05) is 30.3 Å². The van der Waals surface area contributed by atoms with E-state index in [4.69, 9.17) is 9.47 Å². The Morgan fingerprint density at radius 1 is 1.08 bits per heavy atom. The maximum absolute atomic E-state index is 5.42. The molecule has 142 valence electrons. The van der Waals surface area contributed by atoms with E-state index in [9.17, 15) is 0 Å². The van der Waals surface area contributed by atoms with Crippen LogP contribution < -0.4 is 20.1 Å². The Morgan fingerprint density at radius 3 is 2.42 bits per heavy atom. The zero-order valence-corrected chi connectivity index (χ0v) is 18.1. The third-order valence-corrected chi connectivity index (χ3v) is 4.05. The van der Waals surface area contributed by atoms with Crippen molar-refractivity contribution in [3.05, 3.63) is 59.7 Å². The van der Waals surface area contributed by atoms with Crippen LogP contribution in [0.3, 0.4) is 0 Å². The fraction of sp³-hybridized carbons (Fsp3) is 0.350. The number of hydrogen-bond donors (Lipinski definition) is 2. The van der Waals surface area contributed by atoms with Crippen molar-refractivity contribution in [1.82, 2.24) is 10.6 Å². The number of guanidine groups is 1. The van der Waals surface area contributed by atoms with Crippen molar-refractivity contribution in [2.45, 2.75) is 19.4 Å². The van der Waals surface area contributed by atoms with Crippen LogP contribution in [0, 0.1) is 0 Å². The molecule has 0 spiro atoms. The molecule has 1 atom stereocenters. The largest absolute Gasteiger partial charge is 0.497 e. The molecular weight excluding hydrogens is 441 g/mol. The first-order valence-electron chi connectivity index (χ1n) is 8.41. The number of nitrogens with zero attached hydrogens (tertiary/aromatic N) is 1. The standard InChI is InChI=1S/C20H27N3O2.HI/c1-15(16-8-6-5-7-9-16)23-20(21-2)22-13-12-17-14-18(24-3)10-11-19(17)25-4;/h5-11,14-15H,12-13H2,1-4H3,(H2,21,22,23);1H. The summed E-state index contributed by atoms with van der Waals surface area (Å²) < 4.78 is 10.7. The molecule has 2 aromatic rings. The van der Waals surface area contributed by atoms with Crippen LogP contribution in [0.2, 0.25) is 0 Å². The first-order valence-corrected chi connectivity index (χ1v) is 8.41. The highest BCUT2D eigenvalue weighted by Crippen LogP contribution is 2.24. The highest BCUT2D eigenvalue weighted by molar-refractivity contribution is 14.0. The molecule has 0 fully saturated rings. The number of halogens is 1. The predicted octanol–water partition coefficient (Wildman–Crippen LogP) is 3.79. The molecule has 2 aromatic carbocycles. The van der Waals surface area contributed by atoms with Crippen LogP contribution >= 0.6 is 24.0 Å². The summed E-state index contributed by atoms with van der Waals surface area (Å²) in [5, 5.41) is 6.75. The van der Waals surface area contributed by atoms with Gasteiger partial charge in [0.2, 0.25) is 0 Å². The Kier molecular flexibility index (Phi) is 9.87. The molecule has 6 heteroatoms. The Bertz CT molecular complexity index is 693. The van der Waals surface area contributed by atoms with E-state index < -0.39 is 0 Å². The van der Waals surface area contributed by atoms with Crippen LogP contribution in [-0.4, -0.2) is 33.8 Å². The molecule has 0 saturated carbocycles. The molecule has 0 heterocycles. The van der Waals surface area contributed by atoms with Gasteiger partial charge in [-0.2, -0.15) is 0 Å². The van der Waals surface area contributed by atoms with Gasteiger partial charge < -0.3 is 20.1 Å². The summed E-state index contributed by atoms with van der Waals surface area (Å²) in [6.07, 6.45) is 0.806. The monoisotopic (exact) mass is 469 g/mol. The first-order chi connectivity index (χ1) is 12.2. The second-order valence-electron chi connectivity index (χ2n) is 5.70. The van der Waals surface area contributed by atoms with E-state index in [1.165, 1.54) is 5.56 Å². The van der Waals surface area contributed by atoms with Gasteiger partial charge in [0.25, 0.3) is 0 Å². The number of benzene rings is 2. The molecule has 0 aromatic heterocycles. The van der Waals surface area contributed by atoms with Gasteiger partial charge in [-0.3, -0.25) is 4.99 Å². The van der Waals surface area contributed by atoms with Gasteiger partial charge in [0.05, 0.1) is 20.3 Å². The van der Waals surface area contributed by atoms with Crippen LogP contribution in [0.4, 0.5) is 0 Å². The van der Waals surface area contributed by atoms with E-state index in [1.807, 2.05) is 36.4 Å². The minimum Gasteiger partial charge on any atom is -0.497 e. The number of methoxy groups -OCH3 is 2. The summed E-state index contributed by atoms with van der Waals surface area (Å²) in [5.74, 6) is 2.47. The molecule has 2 N–H and O–H groups in total. The van der Waals surface area contributed by atoms with Gasteiger partial charge in [0.15, 0.2) is 5.96 Å². The molecule has 0 bridgehead atoms. The third-order valence-electron chi connectivity index (χ3n) is 4.05. The molecule has 0 aliphatic carbocycles. The topological polar surface area (TPSA) is 54.9 Å². The lowest BCUT2D eigenvalue weighted by Crippen LogP contribution is -2.39. The molecule has 0 aliphatic heterocycles. The molecule has 0 saturated heterocycles. The quantitative estimate of drug-likeness (QED) is 0.368. The van der Waals surface area contributed by atoms with Gasteiger partial charge in [-0.15, -0.1) is 24.0 Å². The van der Waals surface area contributed by atoms with Crippen LogP contribution in [0.1, 0.15) is 24.1 Å². The Balaban J connectivity index is 0.00000338. The summed E-state index contributed by atoms with van der Waals surface area (Å²) in [4.78, 5) is 4.30. The van der Waals surface area contributed by atoms with Crippen molar-refractivity contribution in [1.29, 1.82) is 0 Å². The van der Waals surface area contributed by atoms with E-state index in [-0.39, 0.29) is 30.0 Å². The Labute approximate surface area is 173 Å². The first kappa shape index (κ1) is 22.1. The number of aliphatic imine (C=N–C) groups is 1. The van der Waals surface area contributed by atoms with Gasteiger partial charge >= 0.3 is 0 Å². The van der Waals surface area contributed by atoms with Gasteiger partial charge in [-0.05, 0) is 42.7 Å². The van der Waals surface area contributed by atoms with Gasteiger partial charge in [-0.25, -0.2) is 0 Å². The van der Waals surface area contributed by atoms with Crippen LogP contribution in [0.15, 0.2) is 53.5 Å². The minimum atomic E-state index is 0. The summed E-state index contributed by atoms with van der Waals surface area (Å²) in [7, 11) is 5.13. The maximum atomic E-state index is 5.42. The SMILES string of the molecule is CN=C(NCCc1cc(OC)ccc1OC)NC(C)c1ccccc1.I. The summed E-state index contributed by atoms with van der Waals surface area (Å²) in [5.41, 5.74) is 2.32. The van der Waals surface area contributed by atoms with Crippen molar-refractivity contribution < 1.29 is 9.47 Å². The molecule has 0 amide bonds. The molecule has 5 nitrogen and oxygen atoms in total. The third kappa shape index (κ3) is 6.40. The van der Waals surface area contributed by atoms with E-state index >= 15 is 0 Å². The van der Waals surface area contributed by atoms with Crippen molar-refractivity contribution in [2.75, 3.05) is 27.8 Å². The van der Waals surface area contributed by atoms with E-state index in [2.05, 4.69) is 34.7 Å². The molecule has 26 heavy (non-hydrogen) atoms. The molecule has 0 radical (unpaired) electrons. The zero-order chi connectivity index (χ0) is 18.1. The molecule has 2 rings (SSSR count). The zero-order valence-electron chi connectivity index (χ0n) is 15.8. The normalized spacial score (nSPS) is 11.9. The Hall–Kier alpha value is -1.96. The summed E-state index contributed by atoms with van der Waals surface area (Å²) in [6.45, 7) is 2.86. The average molecular weight is 469 g/mol. The minimum absolute atomic E-state index is 0. The number of hydrogen-bond acceptors (Lipinski definition) is 3. The van der Waals surface area contributed by atoms with Crippen molar-refractivity contribution in [3.8, 4) is 11.5 Å². The second kappa shape index (κ2) is 11.6. The van der Waals surface area contributed by atoms with Crippen molar-refractivity contribution in [3.63, 3.8) is 0 Å². The van der Waals surface area contributed by atoms with E-state index in [0.29, 0.717) is 0 Å². The number of rotatable bonds is 7. The lowest BCUT2D eigenvalue weighted by Gasteiger charge is -2.18.